The number of hydrogen-bond donors (Lipinski definition) is 2. The Kier molecular flexibility index (Phi) is 3.32. The molecular formula is C13H15N3O2. The van der Waals surface area contributed by atoms with E-state index in [1.165, 1.54) is 0 Å². The molecule has 1 heterocycles. The van der Waals surface area contributed by atoms with Gasteiger partial charge in [0.25, 0.3) is 0 Å². The summed E-state index contributed by atoms with van der Waals surface area (Å²) in [5.41, 5.74) is 2.45. The van der Waals surface area contributed by atoms with Gasteiger partial charge in [-0.2, -0.15) is 5.10 Å². The Labute approximate surface area is 105 Å². The van der Waals surface area contributed by atoms with Gasteiger partial charge in [0.1, 0.15) is 0 Å². The molecule has 2 N–H and O–H groups in total. The Bertz CT molecular complexity index is 563. The highest BCUT2D eigenvalue weighted by Gasteiger charge is 2.21. The van der Waals surface area contributed by atoms with Crippen molar-refractivity contribution in [2.45, 2.75) is 13.0 Å². The van der Waals surface area contributed by atoms with E-state index < -0.39 is 12.0 Å². The Morgan fingerprint density at radius 3 is 2.72 bits per heavy atom. The third-order valence-corrected chi connectivity index (χ3v) is 2.75. The number of rotatable bonds is 4. The van der Waals surface area contributed by atoms with Gasteiger partial charge in [0.15, 0.2) is 6.04 Å². The number of carboxylic acids is 1. The van der Waals surface area contributed by atoms with Crippen LogP contribution in [-0.2, 0) is 11.8 Å². The van der Waals surface area contributed by atoms with Gasteiger partial charge in [-0.05, 0) is 18.6 Å². The minimum Gasteiger partial charge on any atom is -0.479 e. The summed E-state index contributed by atoms with van der Waals surface area (Å²) in [7, 11) is 1.76. The molecule has 5 nitrogen and oxygen atoms in total. The molecule has 1 aromatic carbocycles. The molecule has 0 saturated heterocycles. The van der Waals surface area contributed by atoms with Gasteiger partial charge in [-0.15, -0.1) is 0 Å². The number of para-hydroxylation sites is 1. The van der Waals surface area contributed by atoms with Gasteiger partial charge in [-0.3, -0.25) is 4.68 Å². The van der Waals surface area contributed by atoms with E-state index in [1.54, 1.807) is 24.1 Å². The fraction of sp³-hybridized carbons (Fsp3) is 0.231. The molecule has 0 bridgehead atoms. The second-order valence-electron chi connectivity index (χ2n) is 4.18. The fourth-order valence-electron chi connectivity index (χ4n) is 1.77. The molecule has 0 aliphatic carbocycles. The monoisotopic (exact) mass is 245 g/mol. The molecule has 1 aromatic heterocycles. The van der Waals surface area contributed by atoms with Crippen molar-refractivity contribution in [3.05, 3.63) is 47.8 Å². The van der Waals surface area contributed by atoms with Gasteiger partial charge in [-0.1, -0.05) is 18.2 Å². The fourth-order valence-corrected chi connectivity index (χ4v) is 1.77. The van der Waals surface area contributed by atoms with Gasteiger partial charge in [0, 0.05) is 24.5 Å². The van der Waals surface area contributed by atoms with Crippen LogP contribution >= 0.6 is 0 Å². The predicted octanol–water partition coefficient (Wildman–Crippen LogP) is 1.97. The van der Waals surface area contributed by atoms with Crippen LogP contribution in [-0.4, -0.2) is 20.9 Å². The normalized spacial score (nSPS) is 12.1. The number of aliphatic carboxylic acids is 1. The summed E-state index contributed by atoms with van der Waals surface area (Å²) in [6, 6.07) is 6.80. The highest BCUT2D eigenvalue weighted by Crippen LogP contribution is 2.22. The number of nitrogens with one attached hydrogen (secondary N) is 1. The first-order chi connectivity index (χ1) is 8.58. The first-order valence-electron chi connectivity index (χ1n) is 5.61. The third-order valence-electron chi connectivity index (χ3n) is 2.75. The van der Waals surface area contributed by atoms with E-state index in [0.29, 0.717) is 5.56 Å². The van der Waals surface area contributed by atoms with Crippen LogP contribution in [0.25, 0.3) is 0 Å². The summed E-state index contributed by atoms with van der Waals surface area (Å²) in [4.78, 5) is 11.3. The summed E-state index contributed by atoms with van der Waals surface area (Å²) in [5, 5.41) is 16.3. The van der Waals surface area contributed by atoms with E-state index in [2.05, 4.69) is 10.4 Å². The molecule has 94 valence electrons. The van der Waals surface area contributed by atoms with E-state index >= 15 is 0 Å². The number of carbonyl (C=O) groups is 1. The third kappa shape index (κ3) is 2.51. The van der Waals surface area contributed by atoms with Crippen molar-refractivity contribution in [2.75, 3.05) is 5.32 Å². The van der Waals surface area contributed by atoms with Crippen LogP contribution in [0.15, 0.2) is 36.7 Å². The first-order valence-corrected chi connectivity index (χ1v) is 5.61. The van der Waals surface area contributed by atoms with Crippen LogP contribution in [0.2, 0.25) is 0 Å². The molecule has 1 atom stereocenters. The molecule has 0 saturated carbocycles. The van der Waals surface area contributed by atoms with Crippen molar-refractivity contribution < 1.29 is 9.90 Å². The lowest BCUT2D eigenvalue weighted by atomic mass is 10.1. The summed E-state index contributed by atoms with van der Waals surface area (Å²) in [6.45, 7) is 1.94. The molecule has 0 amide bonds. The van der Waals surface area contributed by atoms with E-state index in [0.717, 1.165) is 11.3 Å². The molecule has 5 heteroatoms. The van der Waals surface area contributed by atoms with Crippen molar-refractivity contribution in [2.24, 2.45) is 7.05 Å². The second kappa shape index (κ2) is 4.91. The number of carboxylic acid groups (broad SMARTS) is 1. The minimum atomic E-state index is -0.925. The van der Waals surface area contributed by atoms with Crippen LogP contribution in [0.5, 0.6) is 0 Å². The lowest BCUT2D eigenvalue weighted by Gasteiger charge is -2.15. The highest BCUT2D eigenvalue weighted by molar-refractivity contribution is 5.79. The molecule has 0 aliphatic rings. The number of benzene rings is 1. The maximum atomic E-state index is 11.3. The lowest BCUT2D eigenvalue weighted by molar-refractivity contribution is -0.138. The van der Waals surface area contributed by atoms with Crippen molar-refractivity contribution in [3.63, 3.8) is 0 Å². The van der Waals surface area contributed by atoms with Gasteiger partial charge in [-0.25, -0.2) is 4.79 Å². The number of hydrogen-bond acceptors (Lipinski definition) is 3. The maximum absolute atomic E-state index is 11.3. The smallest absolute Gasteiger partial charge is 0.330 e. The zero-order chi connectivity index (χ0) is 13.1. The summed E-state index contributed by atoms with van der Waals surface area (Å²) in [5.74, 6) is -0.925. The minimum absolute atomic E-state index is 0.633. The average molecular weight is 245 g/mol. The first kappa shape index (κ1) is 12.2. The molecule has 2 aromatic rings. The van der Waals surface area contributed by atoms with Crippen LogP contribution in [0.4, 0.5) is 5.69 Å². The molecule has 0 radical (unpaired) electrons. The van der Waals surface area contributed by atoms with Crippen LogP contribution in [0.1, 0.15) is 17.2 Å². The van der Waals surface area contributed by atoms with E-state index in [-0.39, 0.29) is 0 Å². The van der Waals surface area contributed by atoms with Crippen molar-refractivity contribution in [1.82, 2.24) is 9.78 Å². The number of anilines is 1. The number of aryl methyl sites for hydroxylation is 2. The van der Waals surface area contributed by atoms with Gasteiger partial charge >= 0.3 is 5.97 Å². The van der Waals surface area contributed by atoms with Crippen LogP contribution in [0.3, 0.4) is 0 Å². The highest BCUT2D eigenvalue weighted by atomic mass is 16.4. The van der Waals surface area contributed by atoms with Gasteiger partial charge in [0.2, 0.25) is 0 Å². The molecule has 0 aliphatic heterocycles. The molecule has 1 unspecified atom stereocenters. The zero-order valence-corrected chi connectivity index (χ0v) is 10.3. The second-order valence-corrected chi connectivity index (χ2v) is 4.18. The maximum Gasteiger partial charge on any atom is 0.330 e. The van der Waals surface area contributed by atoms with Gasteiger partial charge < -0.3 is 10.4 Å². The Morgan fingerprint density at radius 1 is 1.44 bits per heavy atom. The topological polar surface area (TPSA) is 67.2 Å². The lowest BCUT2D eigenvalue weighted by Crippen LogP contribution is -2.20. The average Bonchev–Trinajstić information content (AvgIpc) is 2.74. The Balaban J connectivity index is 2.28. The quantitative estimate of drug-likeness (QED) is 0.864. The predicted molar refractivity (Wildman–Crippen MR) is 68.4 cm³/mol. The van der Waals surface area contributed by atoms with Crippen molar-refractivity contribution >= 4 is 11.7 Å². The van der Waals surface area contributed by atoms with E-state index in [1.807, 2.05) is 31.2 Å². The molecule has 2 rings (SSSR count). The number of nitrogens with zero attached hydrogens (tertiary/aromatic N) is 2. The van der Waals surface area contributed by atoms with Crippen LogP contribution in [0, 0.1) is 6.92 Å². The molecular weight excluding hydrogens is 230 g/mol. The summed E-state index contributed by atoms with van der Waals surface area (Å²) in [6.07, 6.45) is 3.26. The molecule has 0 fully saturated rings. The molecule has 18 heavy (non-hydrogen) atoms. The van der Waals surface area contributed by atoms with E-state index in [9.17, 15) is 9.90 Å². The molecule has 0 spiro atoms. The van der Waals surface area contributed by atoms with Crippen molar-refractivity contribution in [1.29, 1.82) is 0 Å². The van der Waals surface area contributed by atoms with E-state index in [4.69, 9.17) is 0 Å². The van der Waals surface area contributed by atoms with Crippen molar-refractivity contribution in [3.8, 4) is 0 Å². The SMILES string of the molecule is Cc1ccccc1NC(C(=O)O)c1cnn(C)c1. The number of aromatic nitrogens is 2. The standard InChI is InChI=1S/C13H15N3O2/c1-9-5-3-4-6-11(9)15-12(13(17)18)10-7-14-16(2)8-10/h3-8,12,15H,1-2H3,(H,17,18). The van der Waals surface area contributed by atoms with Crippen LogP contribution < -0.4 is 5.32 Å². The summed E-state index contributed by atoms with van der Waals surface area (Å²) >= 11 is 0. The largest absolute Gasteiger partial charge is 0.479 e. The van der Waals surface area contributed by atoms with Gasteiger partial charge in [0.05, 0.1) is 6.20 Å². The Morgan fingerprint density at radius 2 is 2.17 bits per heavy atom. The Hall–Kier alpha value is -2.30. The summed E-state index contributed by atoms with van der Waals surface area (Å²) < 4.78 is 1.59. The zero-order valence-electron chi connectivity index (χ0n) is 10.3.